The summed E-state index contributed by atoms with van der Waals surface area (Å²) in [5.41, 5.74) is 5.72. The van der Waals surface area contributed by atoms with Crippen molar-refractivity contribution in [2.24, 2.45) is 11.7 Å². The van der Waals surface area contributed by atoms with Gasteiger partial charge >= 0.3 is 0 Å². The topological polar surface area (TPSA) is 38.5 Å². The average Bonchev–Trinajstić information content (AvgIpc) is 2.12. The van der Waals surface area contributed by atoms with Crippen LogP contribution in [0.2, 0.25) is 0 Å². The van der Waals surface area contributed by atoms with E-state index >= 15 is 0 Å². The van der Waals surface area contributed by atoms with E-state index in [0.717, 1.165) is 12.5 Å². The van der Waals surface area contributed by atoms with E-state index in [2.05, 4.69) is 18.7 Å². The quantitative estimate of drug-likeness (QED) is 0.764. The highest BCUT2D eigenvalue weighted by Gasteiger charge is 2.31. The fraction of sp³-hybridized carbons (Fsp3) is 1.00. The van der Waals surface area contributed by atoms with Crippen molar-refractivity contribution in [3.05, 3.63) is 0 Å². The molecule has 2 rings (SSSR count). The zero-order valence-electron chi connectivity index (χ0n) is 9.98. The molecular formula is C12H24N2O. The largest absolute Gasteiger partial charge is 0.376 e. The summed E-state index contributed by atoms with van der Waals surface area (Å²) in [7, 11) is 0. The van der Waals surface area contributed by atoms with Crippen LogP contribution >= 0.6 is 0 Å². The van der Waals surface area contributed by atoms with Gasteiger partial charge in [0.15, 0.2) is 0 Å². The molecule has 3 nitrogen and oxygen atoms in total. The molecule has 2 aliphatic heterocycles. The summed E-state index contributed by atoms with van der Waals surface area (Å²) in [6, 6.07) is 0.665. The Morgan fingerprint density at radius 3 is 2.40 bits per heavy atom. The van der Waals surface area contributed by atoms with Crippen molar-refractivity contribution >= 4 is 0 Å². The van der Waals surface area contributed by atoms with Crippen molar-refractivity contribution in [1.82, 2.24) is 4.90 Å². The molecule has 0 spiro atoms. The maximum atomic E-state index is 5.76. The van der Waals surface area contributed by atoms with Gasteiger partial charge in [-0.15, -0.1) is 0 Å². The second-order valence-corrected chi connectivity index (χ2v) is 5.27. The number of likely N-dealkylation sites (tertiary alicyclic amines) is 1. The third-order valence-electron chi connectivity index (χ3n) is 3.83. The van der Waals surface area contributed by atoms with Gasteiger partial charge < -0.3 is 10.5 Å². The molecule has 0 bridgehead atoms. The number of nitrogens with zero attached hydrogens (tertiary/aromatic N) is 1. The summed E-state index contributed by atoms with van der Waals surface area (Å²) in [5, 5.41) is 0. The number of hydrogen-bond acceptors (Lipinski definition) is 3. The standard InChI is InChI=1S/C12H24N2O/c1-9-5-11(6-10(2)15-9)8-14-4-3-12(14)7-13/h9-12H,3-8,13H2,1-2H3/t9-,10+,11?,12?. The van der Waals surface area contributed by atoms with Crippen LogP contribution in [-0.2, 0) is 4.74 Å². The number of rotatable bonds is 3. The molecule has 0 aliphatic carbocycles. The van der Waals surface area contributed by atoms with E-state index in [4.69, 9.17) is 10.5 Å². The third-order valence-corrected chi connectivity index (χ3v) is 3.83. The van der Waals surface area contributed by atoms with Gasteiger partial charge in [0.1, 0.15) is 0 Å². The minimum absolute atomic E-state index is 0.441. The first kappa shape index (κ1) is 11.4. The predicted octanol–water partition coefficient (Wildman–Crippen LogP) is 1.22. The Bertz CT molecular complexity index is 198. The van der Waals surface area contributed by atoms with Crippen LogP contribution in [0, 0.1) is 5.92 Å². The molecule has 0 amide bonds. The Balaban J connectivity index is 1.78. The lowest BCUT2D eigenvalue weighted by atomic mass is 9.90. The fourth-order valence-electron chi connectivity index (χ4n) is 3.02. The molecule has 0 aromatic carbocycles. The van der Waals surface area contributed by atoms with Gasteiger partial charge in [-0.3, -0.25) is 4.90 Å². The highest BCUT2D eigenvalue weighted by Crippen LogP contribution is 2.28. The maximum Gasteiger partial charge on any atom is 0.0553 e. The van der Waals surface area contributed by atoms with Crippen LogP contribution in [-0.4, -0.2) is 42.8 Å². The van der Waals surface area contributed by atoms with Crippen LogP contribution in [0.4, 0.5) is 0 Å². The van der Waals surface area contributed by atoms with Crippen molar-refractivity contribution in [3.63, 3.8) is 0 Å². The van der Waals surface area contributed by atoms with Crippen LogP contribution in [0.25, 0.3) is 0 Å². The number of hydrogen-bond donors (Lipinski definition) is 1. The zero-order chi connectivity index (χ0) is 10.8. The van der Waals surface area contributed by atoms with E-state index in [1.165, 1.54) is 32.4 Å². The Hall–Kier alpha value is -0.120. The molecule has 3 heteroatoms. The Kier molecular flexibility index (Phi) is 3.65. The highest BCUT2D eigenvalue weighted by atomic mass is 16.5. The molecule has 4 atom stereocenters. The van der Waals surface area contributed by atoms with E-state index in [9.17, 15) is 0 Å². The average molecular weight is 212 g/mol. The lowest BCUT2D eigenvalue weighted by molar-refractivity contribution is -0.0647. The lowest BCUT2D eigenvalue weighted by Gasteiger charge is -2.44. The van der Waals surface area contributed by atoms with Crippen molar-refractivity contribution in [3.8, 4) is 0 Å². The van der Waals surface area contributed by atoms with Gasteiger partial charge in [-0.1, -0.05) is 0 Å². The van der Waals surface area contributed by atoms with Crippen molar-refractivity contribution < 1.29 is 4.74 Å². The van der Waals surface area contributed by atoms with Gasteiger partial charge in [-0.05, 0) is 39.0 Å². The smallest absolute Gasteiger partial charge is 0.0553 e. The van der Waals surface area contributed by atoms with Gasteiger partial charge in [0.25, 0.3) is 0 Å². The molecule has 2 unspecified atom stereocenters. The van der Waals surface area contributed by atoms with E-state index in [-0.39, 0.29) is 0 Å². The second-order valence-electron chi connectivity index (χ2n) is 5.27. The predicted molar refractivity (Wildman–Crippen MR) is 61.8 cm³/mol. The van der Waals surface area contributed by atoms with Gasteiger partial charge in [-0.2, -0.15) is 0 Å². The molecule has 2 saturated heterocycles. The summed E-state index contributed by atoms with van der Waals surface area (Å²) in [5.74, 6) is 0.818. The van der Waals surface area contributed by atoms with Gasteiger partial charge in [0.05, 0.1) is 12.2 Å². The summed E-state index contributed by atoms with van der Waals surface area (Å²) in [4.78, 5) is 2.55. The minimum atomic E-state index is 0.441. The van der Waals surface area contributed by atoms with Crippen molar-refractivity contribution in [2.45, 2.75) is 51.4 Å². The maximum absolute atomic E-state index is 5.76. The molecule has 2 fully saturated rings. The molecular weight excluding hydrogens is 188 g/mol. The zero-order valence-corrected chi connectivity index (χ0v) is 9.98. The monoisotopic (exact) mass is 212 g/mol. The SMILES string of the molecule is C[C@@H]1CC(CN2CCC2CN)C[C@H](C)O1. The molecule has 88 valence electrons. The van der Waals surface area contributed by atoms with E-state index in [0.29, 0.717) is 18.2 Å². The summed E-state index contributed by atoms with van der Waals surface area (Å²) < 4.78 is 5.76. The summed E-state index contributed by atoms with van der Waals surface area (Å²) >= 11 is 0. The molecule has 0 saturated carbocycles. The van der Waals surface area contributed by atoms with E-state index < -0.39 is 0 Å². The normalized spacial score (nSPS) is 42.6. The minimum Gasteiger partial charge on any atom is -0.376 e. The highest BCUT2D eigenvalue weighted by molar-refractivity contribution is 4.86. The molecule has 0 radical (unpaired) electrons. The van der Waals surface area contributed by atoms with Crippen LogP contribution in [0.5, 0.6) is 0 Å². The summed E-state index contributed by atoms with van der Waals surface area (Å²) in [6.07, 6.45) is 4.62. The molecule has 15 heavy (non-hydrogen) atoms. The molecule has 2 heterocycles. The van der Waals surface area contributed by atoms with Gasteiger partial charge in [0, 0.05) is 25.7 Å². The van der Waals surface area contributed by atoms with Crippen LogP contribution in [0.15, 0.2) is 0 Å². The van der Waals surface area contributed by atoms with Crippen molar-refractivity contribution in [1.29, 1.82) is 0 Å². The Morgan fingerprint density at radius 1 is 1.27 bits per heavy atom. The van der Waals surface area contributed by atoms with E-state index in [1.54, 1.807) is 0 Å². The molecule has 0 aromatic rings. The first-order chi connectivity index (χ1) is 7.19. The summed E-state index contributed by atoms with van der Waals surface area (Å²) in [6.45, 7) is 7.70. The first-order valence-electron chi connectivity index (χ1n) is 6.28. The molecule has 0 aromatic heterocycles. The second kappa shape index (κ2) is 4.81. The fourth-order valence-corrected chi connectivity index (χ4v) is 3.02. The Labute approximate surface area is 93.0 Å². The Morgan fingerprint density at radius 2 is 1.93 bits per heavy atom. The lowest BCUT2D eigenvalue weighted by Crippen LogP contribution is -2.54. The molecule has 2 N–H and O–H groups in total. The third kappa shape index (κ3) is 2.71. The van der Waals surface area contributed by atoms with Gasteiger partial charge in [0.2, 0.25) is 0 Å². The molecule has 2 aliphatic rings. The number of ether oxygens (including phenoxy) is 1. The van der Waals surface area contributed by atoms with Crippen LogP contribution in [0.1, 0.15) is 33.1 Å². The van der Waals surface area contributed by atoms with E-state index in [1.807, 2.05) is 0 Å². The number of nitrogens with two attached hydrogens (primary N) is 1. The van der Waals surface area contributed by atoms with Crippen LogP contribution in [0.3, 0.4) is 0 Å². The first-order valence-corrected chi connectivity index (χ1v) is 6.28. The van der Waals surface area contributed by atoms with Gasteiger partial charge in [-0.25, -0.2) is 0 Å². The van der Waals surface area contributed by atoms with Crippen LogP contribution < -0.4 is 5.73 Å². The van der Waals surface area contributed by atoms with Crippen molar-refractivity contribution in [2.75, 3.05) is 19.6 Å².